The van der Waals surface area contributed by atoms with Gasteiger partial charge in [-0.2, -0.15) is 5.10 Å². The van der Waals surface area contributed by atoms with Crippen molar-refractivity contribution in [1.29, 1.82) is 0 Å². The molecule has 27 heavy (non-hydrogen) atoms. The van der Waals surface area contributed by atoms with Crippen LogP contribution < -0.4 is 5.56 Å². The molecule has 3 aromatic rings. The van der Waals surface area contributed by atoms with Crippen molar-refractivity contribution in [2.45, 2.75) is 11.6 Å². The molecule has 7 heteroatoms. The van der Waals surface area contributed by atoms with E-state index < -0.39 is 0 Å². The zero-order chi connectivity index (χ0) is 18.8. The second-order valence-electron chi connectivity index (χ2n) is 6.24. The zero-order valence-corrected chi connectivity index (χ0v) is 15.6. The molecular formula is C20H18N4O2S. The van der Waals surface area contributed by atoms with E-state index in [0.717, 1.165) is 17.7 Å². The first kappa shape index (κ1) is 17.5. The number of benzene rings is 2. The molecule has 0 bridgehead atoms. The third-order valence-corrected chi connectivity index (χ3v) is 5.48. The largest absolute Gasteiger partial charge is 0.290 e. The third-order valence-electron chi connectivity index (χ3n) is 4.46. The number of amides is 1. The molecule has 1 aliphatic rings. The first-order valence-corrected chi connectivity index (χ1v) is 9.64. The molecule has 4 rings (SSSR count). The van der Waals surface area contributed by atoms with Crippen LogP contribution in [0.4, 0.5) is 0 Å². The van der Waals surface area contributed by atoms with Gasteiger partial charge in [0.05, 0.1) is 28.9 Å². The van der Waals surface area contributed by atoms with Gasteiger partial charge in [-0.3, -0.25) is 14.2 Å². The van der Waals surface area contributed by atoms with E-state index in [-0.39, 0.29) is 17.2 Å². The Morgan fingerprint density at radius 1 is 1.11 bits per heavy atom. The van der Waals surface area contributed by atoms with Gasteiger partial charge in [-0.1, -0.05) is 54.2 Å². The van der Waals surface area contributed by atoms with Crippen LogP contribution in [0.3, 0.4) is 0 Å². The summed E-state index contributed by atoms with van der Waals surface area (Å²) in [6, 6.07) is 17.1. The lowest BCUT2D eigenvalue weighted by atomic mass is 10.1. The molecule has 1 amide bonds. The predicted octanol–water partition coefficient (Wildman–Crippen LogP) is 2.66. The highest BCUT2D eigenvalue weighted by Crippen LogP contribution is 2.19. The van der Waals surface area contributed by atoms with Crippen molar-refractivity contribution in [3.8, 4) is 0 Å². The van der Waals surface area contributed by atoms with Crippen LogP contribution in [0.1, 0.15) is 12.0 Å². The number of carbonyl (C=O) groups is 1. The highest BCUT2D eigenvalue weighted by Gasteiger charge is 2.22. The number of hydrogen-bond donors (Lipinski definition) is 0. The number of rotatable bonds is 4. The summed E-state index contributed by atoms with van der Waals surface area (Å²) in [7, 11) is 1.68. The van der Waals surface area contributed by atoms with Gasteiger partial charge >= 0.3 is 0 Å². The van der Waals surface area contributed by atoms with Gasteiger partial charge in [0.2, 0.25) is 0 Å². The van der Waals surface area contributed by atoms with Gasteiger partial charge in [0.1, 0.15) is 0 Å². The van der Waals surface area contributed by atoms with Crippen molar-refractivity contribution in [1.82, 2.24) is 14.6 Å². The minimum absolute atomic E-state index is 0.0895. The van der Waals surface area contributed by atoms with Crippen LogP contribution in [0.25, 0.3) is 10.9 Å². The Morgan fingerprint density at radius 3 is 2.67 bits per heavy atom. The Balaban J connectivity index is 1.49. The molecule has 0 radical (unpaired) electrons. The lowest BCUT2D eigenvalue weighted by Gasteiger charge is -2.12. The molecule has 0 unspecified atom stereocenters. The summed E-state index contributed by atoms with van der Waals surface area (Å²) in [5.41, 5.74) is 2.49. The van der Waals surface area contributed by atoms with Crippen molar-refractivity contribution in [2.24, 2.45) is 12.1 Å². The zero-order valence-electron chi connectivity index (χ0n) is 14.8. The van der Waals surface area contributed by atoms with E-state index in [1.165, 1.54) is 21.3 Å². The molecule has 0 fully saturated rings. The van der Waals surface area contributed by atoms with Crippen LogP contribution in [-0.2, 0) is 11.8 Å². The second kappa shape index (κ2) is 7.36. The minimum Gasteiger partial charge on any atom is -0.290 e. The maximum Gasteiger partial charge on any atom is 0.261 e. The Hall–Kier alpha value is -2.93. The Kier molecular flexibility index (Phi) is 4.77. The van der Waals surface area contributed by atoms with Gasteiger partial charge in [0.25, 0.3) is 11.5 Å². The monoisotopic (exact) mass is 378 g/mol. The van der Waals surface area contributed by atoms with Crippen molar-refractivity contribution < 1.29 is 4.79 Å². The summed E-state index contributed by atoms with van der Waals surface area (Å²) in [4.78, 5) is 29.5. The van der Waals surface area contributed by atoms with E-state index >= 15 is 0 Å². The summed E-state index contributed by atoms with van der Waals surface area (Å²) in [6.45, 7) is 0.577. The molecule has 1 aromatic heterocycles. The van der Waals surface area contributed by atoms with E-state index in [0.29, 0.717) is 22.6 Å². The number of hydrazone groups is 1. The van der Waals surface area contributed by atoms with E-state index in [1.54, 1.807) is 19.2 Å². The first-order valence-electron chi connectivity index (χ1n) is 8.65. The van der Waals surface area contributed by atoms with Gasteiger partial charge in [0.15, 0.2) is 5.16 Å². The highest BCUT2D eigenvalue weighted by molar-refractivity contribution is 7.99. The molecule has 136 valence electrons. The number of para-hydroxylation sites is 1. The Labute approximate surface area is 160 Å². The molecule has 0 saturated carbocycles. The molecule has 0 atom stereocenters. The lowest BCUT2D eigenvalue weighted by Crippen LogP contribution is -2.26. The topological polar surface area (TPSA) is 67.6 Å². The Bertz CT molecular complexity index is 1090. The number of aromatic nitrogens is 2. The van der Waals surface area contributed by atoms with Gasteiger partial charge < -0.3 is 0 Å². The van der Waals surface area contributed by atoms with Crippen LogP contribution in [0.15, 0.2) is 69.6 Å². The molecule has 2 aromatic carbocycles. The van der Waals surface area contributed by atoms with Crippen molar-refractivity contribution in [3.63, 3.8) is 0 Å². The third kappa shape index (κ3) is 3.50. The number of hydrogen-bond acceptors (Lipinski definition) is 5. The normalized spacial score (nSPS) is 13.8. The summed E-state index contributed by atoms with van der Waals surface area (Å²) in [6.07, 6.45) is 0.743. The van der Waals surface area contributed by atoms with E-state index in [9.17, 15) is 9.59 Å². The van der Waals surface area contributed by atoms with Gasteiger partial charge in [-0.05, 0) is 17.7 Å². The summed E-state index contributed by atoms with van der Waals surface area (Å²) < 4.78 is 1.49. The van der Waals surface area contributed by atoms with Gasteiger partial charge in [-0.15, -0.1) is 0 Å². The van der Waals surface area contributed by atoms with Crippen LogP contribution >= 0.6 is 11.8 Å². The highest BCUT2D eigenvalue weighted by atomic mass is 32.2. The summed E-state index contributed by atoms with van der Waals surface area (Å²) in [5, 5.41) is 7.07. The average Bonchev–Trinajstić information content (AvgIpc) is 3.20. The van der Waals surface area contributed by atoms with Gasteiger partial charge in [0, 0.05) is 13.5 Å². The fraction of sp³-hybridized carbons (Fsp3) is 0.200. The second-order valence-corrected chi connectivity index (χ2v) is 7.19. The quantitative estimate of drug-likeness (QED) is 0.517. The molecule has 0 spiro atoms. The number of fused-ring (bicyclic) bond motifs is 1. The van der Waals surface area contributed by atoms with Crippen LogP contribution in [0, 0.1) is 0 Å². The molecule has 6 nitrogen and oxygen atoms in total. The summed E-state index contributed by atoms with van der Waals surface area (Å²) >= 11 is 1.26. The molecular weight excluding hydrogens is 360 g/mol. The molecule has 0 aliphatic carbocycles. The standard InChI is InChI=1S/C20H18N4O2S/c1-23-19(26)15-9-5-6-10-17(15)21-20(23)27-13-18(25)24-12-11-16(22-24)14-7-3-2-4-8-14/h2-10H,11-13H2,1H3. The fourth-order valence-corrected chi connectivity index (χ4v) is 3.84. The fourth-order valence-electron chi connectivity index (χ4n) is 3.00. The number of carbonyl (C=O) groups excluding carboxylic acids is 1. The first-order chi connectivity index (χ1) is 13.1. The minimum atomic E-state index is -0.110. The molecule has 2 heterocycles. The molecule has 0 N–H and O–H groups in total. The van der Waals surface area contributed by atoms with Gasteiger partial charge in [-0.25, -0.2) is 9.99 Å². The van der Waals surface area contributed by atoms with Crippen LogP contribution in [-0.4, -0.2) is 38.5 Å². The van der Waals surface area contributed by atoms with Crippen molar-refractivity contribution >= 4 is 34.3 Å². The molecule has 1 aliphatic heterocycles. The maximum absolute atomic E-state index is 12.5. The van der Waals surface area contributed by atoms with E-state index in [4.69, 9.17) is 0 Å². The lowest BCUT2D eigenvalue weighted by molar-refractivity contribution is -0.127. The number of thioether (sulfide) groups is 1. The SMILES string of the molecule is Cn1c(SCC(=O)N2CCC(c3ccccc3)=N2)nc2ccccc2c1=O. The smallest absolute Gasteiger partial charge is 0.261 e. The number of nitrogens with zero attached hydrogens (tertiary/aromatic N) is 4. The van der Waals surface area contributed by atoms with Crippen molar-refractivity contribution in [2.75, 3.05) is 12.3 Å². The van der Waals surface area contributed by atoms with Crippen LogP contribution in [0.5, 0.6) is 0 Å². The van der Waals surface area contributed by atoms with E-state index in [1.807, 2.05) is 42.5 Å². The van der Waals surface area contributed by atoms with E-state index in [2.05, 4.69) is 10.1 Å². The Morgan fingerprint density at radius 2 is 1.85 bits per heavy atom. The average molecular weight is 378 g/mol. The summed E-state index contributed by atoms with van der Waals surface area (Å²) in [5.74, 6) is 0.0952. The van der Waals surface area contributed by atoms with Crippen molar-refractivity contribution in [3.05, 3.63) is 70.5 Å². The predicted molar refractivity (Wildman–Crippen MR) is 107 cm³/mol. The van der Waals surface area contributed by atoms with Crippen LogP contribution in [0.2, 0.25) is 0 Å². The molecule has 0 saturated heterocycles. The maximum atomic E-state index is 12.5.